The minimum atomic E-state index is -1.08. The van der Waals surface area contributed by atoms with Gasteiger partial charge in [-0.25, -0.2) is 0 Å². The molecule has 1 aromatic rings. The van der Waals surface area contributed by atoms with Crippen molar-refractivity contribution in [1.82, 2.24) is 25.8 Å². The maximum absolute atomic E-state index is 14.0. The first-order chi connectivity index (χ1) is 18.6. The molecule has 4 rings (SSSR count). The van der Waals surface area contributed by atoms with E-state index in [1.807, 2.05) is 24.3 Å². The summed E-state index contributed by atoms with van der Waals surface area (Å²) in [7, 11) is 3.13. The zero-order valence-electron chi connectivity index (χ0n) is 23.9. The van der Waals surface area contributed by atoms with Gasteiger partial charge in [0.05, 0.1) is 25.2 Å². The predicted molar refractivity (Wildman–Crippen MR) is 151 cm³/mol. The standard InChI is InChI=1S/C28H41N5O6.ClH/c1-17(29-4)24(34)31-21-16-32(27(37)28(2,3)38-5)14-12-18-10-11-22(33(18)26(21)36)25(35)30-20-13-15-39-23-9-7-6-8-19(20)23;/h6-9,17-18,20-22,29H,10-16H2,1-5H3,(H,30,35)(H,31,34);1H/t17-,18+,20+,21-,22-;/m0./s1. The van der Waals surface area contributed by atoms with Gasteiger partial charge in [0, 0.05) is 31.7 Å². The highest BCUT2D eigenvalue weighted by atomic mass is 35.5. The van der Waals surface area contributed by atoms with Crippen molar-refractivity contribution in [3.8, 4) is 5.75 Å². The molecule has 1 aromatic carbocycles. The number of likely N-dealkylation sites (N-methyl/N-ethyl adjacent to an activating group) is 1. The molecule has 4 amide bonds. The zero-order chi connectivity index (χ0) is 28.3. The number of carbonyl (C=O) groups is 4. The second-order valence-electron chi connectivity index (χ2n) is 11.1. The van der Waals surface area contributed by atoms with Gasteiger partial charge in [-0.2, -0.15) is 0 Å². The number of nitrogens with zero attached hydrogens (tertiary/aromatic N) is 2. The number of hydrogen-bond donors (Lipinski definition) is 3. The summed E-state index contributed by atoms with van der Waals surface area (Å²) >= 11 is 0. The molecule has 222 valence electrons. The molecule has 3 heterocycles. The molecule has 5 atom stereocenters. The lowest BCUT2D eigenvalue weighted by molar-refractivity contribution is -0.155. The van der Waals surface area contributed by atoms with Crippen LogP contribution in [0.2, 0.25) is 0 Å². The van der Waals surface area contributed by atoms with Gasteiger partial charge in [-0.05, 0) is 53.1 Å². The number of rotatable bonds is 7. The first kappa shape index (κ1) is 31.6. The Morgan fingerprint density at radius 2 is 1.80 bits per heavy atom. The van der Waals surface area contributed by atoms with Crippen LogP contribution in [0, 0.1) is 0 Å². The van der Waals surface area contributed by atoms with Crippen molar-refractivity contribution in [1.29, 1.82) is 0 Å². The lowest BCUT2D eigenvalue weighted by atomic mass is 10.00. The van der Waals surface area contributed by atoms with Gasteiger partial charge in [0.15, 0.2) is 0 Å². The fraction of sp³-hybridized carbons (Fsp3) is 0.643. The molecule has 0 saturated carbocycles. The van der Waals surface area contributed by atoms with Gasteiger partial charge in [-0.3, -0.25) is 19.2 Å². The molecule has 0 aromatic heterocycles. The molecule has 12 heteroatoms. The minimum Gasteiger partial charge on any atom is -0.493 e. The van der Waals surface area contributed by atoms with Gasteiger partial charge < -0.3 is 35.2 Å². The number of methoxy groups -OCH3 is 1. The Morgan fingerprint density at radius 3 is 2.50 bits per heavy atom. The minimum absolute atomic E-state index is 0. The van der Waals surface area contributed by atoms with Crippen LogP contribution in [0.15, 0.2) is 24.3 Å². The van der Waals surface area contributed by atoms with E-state index >= 15 is 0 Å². The number of hydrogen-bond acceptors (Lipinski definition) is 7. The predicted octanol–water partition coefficient (Wildman–Crippen LogP) is 1.16. The van der Waals surface area contributed by atoms with E-state index in [2.05, 4.69) is 16.0 Å². The van der Waals surface area contributed by atoms with E-state index in [1.165, 1.54) is 7.11 Å². The highest BCUT2D eigenvalue weighted by Crippen LogP contribution is 2.34. The molecule has 2 saturated heterocycles. The molecule has 0 unspecified atom stereocenters. The smallest absolute Gasteiger partial charge is 0.254 e. The summed E-state index contributed by atoms with van der Waals surface area (Å²) in [5.74, 6) is -0.418. The molecule has 0 aliphatic carbocycles. The lowest BCUT2D eigenvalue weighted by Gasteiger charge is -2.40. The van der Waals surface area contributed by atoms with Crippen LogP contribution in [0.4, 0.5) is 0 Å². The van der Waals surface area contributed by atoms with Crippen molar-refractivity contribution in [2.75, 3.05) is 33.9 Å². The summed E-state index contributed by atoms with van der Waals surface area (Å²) in [5, 5.41) is 8.86. The van der Waals surface area contributed by atoms with Crippen molar-refractivity contribution in [3.05, 3.63) is 29.8 Å². The summed E-state index contributed by atoms with van der Waals surface area (Å²) in [6.07, 6.45) is 2.32. The number of ether oxygens (including phenoxy) is 2. The monoisotopic (exact) mass is 579 g/mol. The van der Waals surface area contributed by atoms with Crippen LogP contribution in [-0.4, -0.2) is 97.1 Å². The molecule has 3 aliphatic heterocycles. The molecular formula is C28H42ClN5O6. The molecular weight excluding hydrogens is 538 g/mol. The van der Waals surface area contributed by atoms with Gasteiger partial charge in [-0.15, -0.1) is 12.4 Å². The van der Waals surface area contributed by atoms with Crippen molar-refractivity contribution >= 4 is 36.0 Å². The zero-order valence-corrected chi connectivity index (χ0v) is 24.7. The average Bonchev–Trinajstić information content (AvgIpc) is 3.36. The van der Waals surface area contributed by atoms with Crippen molar-refractivity contribution in [3.63, 3.8) is 0 Å². The van der Waals surface area contributed by atoms with E-state index in [1.54, 1.807) is 37.6 Å². The largest absolute Gasteiger partial charge is 0.493 e. The Bertz CT molecular complexity index is 1100. The van der Waals surface area contributed by atoms with Crippen molar-refractivity contribution in [2.45, 2.75) is 82.3 Å². The SMILES string of the molecule is CN[C@@H](C)C(=O)N[C@H]1CN(C(=O)C(C)(C)OC)CC[C@H]2CC[C@@H](C(=O)N[C@@H]3CCOc4ccccc43)N2C1=O.Cl. The lowest BCUT2D eigenvalue weighted by Crippen LogP contribution is -2.63. The number of fused-ring (bicyclic) bond motifs is 2. The van der Waals surface area contributed by atoms with E-state index in [4.69, 9.17) is 9.47 Å². The van der Waals surface area contributed by atoms with Gasteiger partial charge in [-0.1, -0.05) is 18.2 Å². The van der Waals surface area contributed by atoms with Crippen LogP contribution in [0.25, 0.3) is 0 Å². The summed E-state index contributed by atoms with van der Waals surface area (Å²) in [5.41, 5.74) is -0.154. The fourth-order valence-corrected chi connectivity index (χ4v) is 5.58. The Hall–Kier alpha value is -2.89. The third-order valence-corrected chi connectivity index (χ3v) is 8.22. The Balaban J connectivity index is 0.00000441. The number of carbonyl (C=O) groups excluding carboxylic acids is 4. The summed E-state index contributed by atoms with van der Waals surface area (Å²) in [6.45, 7) is 5.94. The molecule has 40 heavy (non-hydrogen) atoms. The number of para-hydroxylation sites is 1. The van der Waals surface area contributed by atoms with Gasteiger partial charge in [0.2, 0.25) is 17.7 Å². The second kappa shape index (κ2) is 13.2. The van der Waals surface area contributed by atoms with E-state index in [-0.39, 0.29) is 54.7 Å². The molecule has 3 aliphatic rings. The number of halogens is 1. The summed E-state index contributed by atoms with van der Waals surface area (Å²) < 4.78 is 11.1. The quantitative estimate of drug-likeness (QED) is 0.442. The van der Waals surface area contributed by atoms with Crippen molar-refractivity contribution in [2.24, 2.45) is 0 Å². The van der Waals surface area contributed by atoms with Gasteiger partial charge >= 0.3 is 0 Å². The maximum atomic E-state index is 14.0. The Kier molecular flexibility index (Phi) is 10.4. The van der Waals surface area contributed by atoms with Crippen LogP contribution in [0.3, 0.4) is 0 Å². The first-order valence-electron chi connectivity index (χ1n) is 13.7. The highest BCUT2D eigenvalue weighted by molar-refractivity contribution is 5.95. The highest BCUT2D eigenvalue weighted by Gasteiger charge is 2.47. The van der Waals surface area contributed by atoms with Gasteiger partial charge in [0.1, 0.15) is 23.4 Å². The third kappa shape index (κ3) is 6.53. The molecule has 0 bridgehead atoms. The van der Waals surface area contributed by atoms with Crippen molar-refractivity contribution < 1.29 is 28.7 Å². The van der Waals surface area contributed by atoms with E-state index < -0.39 is 23.7 Å². The molecule has 3 N–H and O–H groups in total. The molecule has 11 nitrogen and oxygen atoms in total. The van der Waals surface area contributed by atoms with Crippen LogP contribution in [-0.2, 0) is 23.9 Å². The van der Waals surface area contributed by atoms with Gasteiger partial charge in [0.25, 0.3) is 5.91 Å². The maximum Gasteiger partial charge on any atom is 0.254 e. The second-order valence-corrected chi connectivity index (χ2v) is 11.1. The van der Waals surface area contributed by atoms with E-state index in [9.17, 15) is 19.2 Å². The fourth-order valence-electron chi connectivity index (χ4n) is 5.58. The summed E-state index contributed by atoms with van der Waals surface area (Å²) in [4.78, 5) is 57.1. The number of benzene rings is 1. The average molecular weight is 580 g/mol. The van der Waals surface area contributed by atoms with Crippen LogP contribution >= 0.6 is 12.4 Å². The molecule has 0 radical (unpaired) electrons. The van der Waals surface area contributed by atoms with E-state index in [0.717, 1.165) is 11.3 Å². The van der Waals surface area contributed by atoms with E-state index in [0.29, 0.717) is 38.8 Å². The first-order valence-corrected chi connectivity index (χ1v) is 13.7. The topological polar surface area (TPSA) is 129 Å². The van der Waals surface area contributed by atoms with Crippen LogP contribution < -0.4 is 20.7 Å². The van der Waals surface area contributed by atoms with Crippen LogP contribution in [0.1, 0.15) is 58.1 Å². The Labute approximate surface area is 242 Å². The normalized spacial score (nSPS) is 25.3. The Morgan fingerprint density at radius 1 is 1.07 bits per heavy atom. The third-order valence-electron chi connectivity index (χ3n) is 8.22. The number of nitrogens with one attached hydrogen (secondary N) is 3. The van der Waals surface area contributed by atoms with Crippen LogP contribution in [0.5, 0.6) is 5.75 Å². The molecule has 0 spiro atoms. The molecule has 2 fully saturated rings. The summed E-state index contributed by atoms with van der Waals surface area (Å²) in [6, 6.07) is 5.02. The number of amides is 4.